The van der Waals surface area contributed by atoms with Gasteiger partial charge in [0.25, 0.3) is 5.69 Å². The lowest BCUT2D eigenvalue weighted by molar-refractivity contribution is -0.384. The number of amides is 1. The fourth-order valence-corrected chi connectivity index (χ4v) is 2.69. The van der Waals surface area contributed by atoms with Crippen LogP contribution in [0.15, 0.2) is 18.2 Å². The number of carbonyl (C=O) groups excluding carboxylic acids is 1. The van der Waals surface area contributed by atoms with E-state index in [0.29, 0.717) is 10.6 Å². The molecule has 1 aromatic carbocycles. The number of carbonyl (C=O) groups is 1. The van der Waals surface area contributed by atoms with Gasteiger partial charge >= 0.3 is 0 Å². The van der Waals surface area contributed by atoms with E-state index >= 15 is 0 Å². The minimum atomic E-state index is -0.464. The molecule has 1 amide bonds. The van der Waals surface area contributed by atoms with Gasteiger partial charge in [-0.2, -0.15) is 0 Å². The Bertz CT molecular complexity index is 544. The number of piperidine rings is 1. The third-order valence-corrected chi connectivity index (χ3v) is 4.08. The molecule has 1 saturated heterocycles. The molecule has 0 aliphatic carbocycles. The second-order valence-corrected chi connectivity index (χ2v) is 5.66. The number of halogens is 1. The summed E-state index contributed by atoms with van der Waals surface area (Å²) in [4.78, 5) is 24.3. The van der Waals surface area contributed by atoms with Crippen molar-refractivity contribution in [1.29, 1.82) is 0 Å². The lowest BCUT2D eigenvalue weighted by Gasteiger charge is -2.27. The first-order valence-electron chi connectivity index (χ1n) is 6.87. The third kappa shape index (κ3) is 3.92. The first-order valence-corrected chi connectivity index (χ1v) is 7.25. The van der Waals surface area contributed by atoms with Crippen LogP contribution in [-0.4, -0.2) is 35.9 Å². The lowest BCUT2D eigenvalue weighted by Crippen LogP contribution is -2.38. The van der Waals surface area contributed by atoms with E-state index in [0.717, 1.165) is 25.9 Å². The molecule has 0 spiro atoms. The van der Waals surface area contributed by atoms with Crippen molar-refractivity contribution in [3.63, 3.8) is 0 Å². The van der Waals surface area contributed by atoms with Crippen LogP contribution in [0, 0.1) is 16.0 Å². The number of nitro benzene ring substituents is 1. The number of non-ortho nitro benzene ring substituents is 1. The number of rotatable bonds is 4. The van der Waals surface area contributed by atoms with E-state index in [1.165, 1.54) is 18.2 Å². The van der Waals surface area contributed by atoms with Crippen LogP contribution in [0.4, 0.5) is 5.69 Å². The zero-order valence-electron chi connectivity index (χ0n) is 11.8. The molecule has 7 heteroatoms. The van der Waals surface area contributed by atoms with E-state index in [1.54, 1.807) is 11.9 Å². The Morgan fingerprint density at radius 2 is 2.14 bits per heavy atom. The van der Waals surface area contributed by atoms with Crippen LogP contribution in [0.25, 0.3) is 0 Å². The fourth-order valence-electron chi connectivity index (χ4n) is 2.51. The van der Waals surface area contributed by atoms with E-state index in [-0.39, 0.29) is 24.1 Å². The van der Waals surface area contributed by atoms with Crippen molar-refractivity contribution in [2.45, 2.75) is 19.4 Å². The van der Waals surface area contributed by atoms with Crippen molar-refractivity contribution in [3.05, 3.63) is 38.9 Å². The van der Waals surface area contributed by atoms with Crippen LogP contribution in [0.2, 0.25) is 5.02 Å². The maximum absolute atomic E-state index is 12.4. The van der Waals surface area contributed by atoms with Gasteiger partial charge in [-0.25, -0.2) is 0 Å². The van der Waals surface area contributed by atoms with Crippen LogP contribution in [-0.2, 0) is 11.3 Å². The third-order valence-electron chi connectivity index (χ3n) is 3.71. The summed E-state index contributed by atoms with van der Waals surface area (Å²) in [5.74, 6) is 0.0906. The summed E-state index contributed by atoms with van der Waals surface area (Å²) in [5, 5.41) is 14.5. The van der Waals surface area contributed by atoms with Gasteiger partial charge < -0.3 is 10.2 Å². The van der Waals surface area contributed by atoms with Crippen LogP contribution < -0.4 is 5.32 Å². The molecule has 21 heavy (non-hydrogen) atoms. The summed E-state index contributed by atoms with van der Waals surface area (Å²) in [5.41, 5.74) is 0.577. The molecule has 0 bridgehead atoms. The maximum Gasteiger partial charge on any atom is 0.269 e. The van der Waals surface area contributed by atoms with Crippen molar-refractivity contribution >= 4 is 23.2 Å². The minimum Gasteiger partial charge on any atom is -0.341 e. The van der Waals surface area contributed by atoms with Crippen molar-refractivity contribution in [2.75, 3.05) is 20.1 Å². The topological polar surface area (TPSA) is 75.5 Å². The molecule has 1 N–H and O–H groups in total. The van der Waals surface area contributed by atoms with E-state index in [4.69, 9.17) is 11.6 Å². The molecule has 0 unspecified atom stereocenters. The van der Waals surface area contributed by atoms with Gasteiger partial charge in [0.05, 0.1) is 4.92 Å². The van der Waals surface area contributed by atoms with Crippen LogP contribution in [0.5, 0.6) is 0 Å². The summed E-state index contributed by atoms with van der Waals surface area (Å²) in [7, 11) is 1.71. The average Bonchev–Trinajstić information content (AvgIpc) is 2.49. The average molecular weight is 312 g/mol. The van der Waals surface area contributed by atoms with Gasteiger partial charge in [0.15, 0.2) is 0 Å². The van der Waals surface area contributed by atoms with Crippen LogP contribution in [0.3, 0.4) is 0 Å². The van der Waals surface area contributed by atoms with Crippen molar-refractivity contribution < 1.29 is 9.72 Å². The molecule has 0 aromatic heterocycles. The molecule has 2 rings (SSSR count). The first-order chi connectivity index (χ1) is 9.99. The highest BCUT2D eigenvalue weighted by atomic mass is 35.5. The highest BCUT2D eigenvalue weighted by Crippen LogP contribution is 2.24. The van der Waals surface area contributed by atoms with Crippen LogP contribution in [0.1, 0.15) is 18.4 Å². The molecule has 1 aromatic rings. The molecule has 0 atom stereocenters. The summed E-state index contributed by atoms with van der Waals surface area (Å²) in [6.45, 7) is 1.98. The molecule has 1 heterocycles. The Hall–Kier alpha value is -1.66. The number of benzene rings is 1. The summed E-state index contributed by atoms with van der Waals surface area (Å²) in [6, 6.07) is 4.28. The fraction of sp³-hybridized carbons (Fsp3) is 0.500. The number of hydrogen-bond acceptors (Lipinski definition) is 4. The first kappa shape index (κ1) is 15.7. The minimum absolute atomic E-state index is 0.0166. The highest BCUT2D eigenvalue weighted by molar-refractivity contribution is 6.31. The van der Waals surface area contributed by atoms with E-state index in [9.17, 15) is 14.9 Å². The summed E-state index contributed by atoms with van der Waals surface area (Å²) in [6.07, 6.45) is 1.65. The van der Waals surface area contributed by atoms with Gasteiger partial charge in [0.1, 0.15) is 0 Å². The van der Waals surface area contributed by atoms with Gasteiger partial charge in [0.2, 0.25) is 5.91 Å². The molecule has 0 radical (unpaired) electrons. The van der Waals surface area contributed by atoms with E-state index in [2.05, 4.69) is 5.32 Å². The van der Waals surface area contributed by atoms with Crippen LogP contribution >= 0.6 is 11.6 Å². The number of hydrogen-bond donors (Lipinski definition) is 1. The highest BCUT2D eigenvalue weighted by Gasteiger charge is 2.24. The number of nitrogens with one attached hydrogen (secondary N) is 1. The second kappa shape index (κ2) is 6.87. The van der Waals surface area contributed by atoms with Gasteiger partial charge in [-0.3, -0.25) is 14.9 Å². The zero-order chi connectivity index (χ0) is 15.4. The Morgan fingerprint density at radius 1 is 1.48 bits per heavy atom. The molecule has 0 saturated carbocycles. The van der Waals surface area contributed by atoms with Crippen molar-refractivity contribution in [1.82, 2.24) is 10.2 Å². The molecule has 1 aliphatic rings. The molecule has 114 valence electrons. The Morgan fingerprint density at radius 3 is 2.76 bits per heavy atom. The van der Waals surface area contributed by atoms with Crippen molar-refractivity contribution in [3.8, 4) is 0 Å². The standard InChI is InChI=1S/C14H18ClN3O3/c1-17(14(19)10-4-6-16-7-5-10)9-11-8-12(18(20)21)2-3-13(11)15/h2-3,8,10,16H,4-7,9H2,1H3. The van der Waals surface area contributed by atoms with Gasteiger partial charge in [0, 0.05) is 36.7 Å². The lowest BCUT2D eigenvalue weighted by atomic mass is 9.96. The quantitative estimate of drug-likeness (QED) is 0.683. The molecular weight excluding hydrogens is 294 g/mol. The van der Waals surface area contributed by atoms with Gasteiger partial charge in [-0.1, -0.05) is 11.6 Å². The molecule has 6 nitrogen and oxygen atoms in total. The monoisotopic (exact) mass is 311 g/mol. The smallest absolute Gasteiger partial charge is 0.269 e. The van der Waals surface area contributed by atoms with Crippen molar-refractivity contribution in [2.24, 2.45) is 5.92 Å². The molecule has 1 aliphatic heterocycles. The Balaban J connectivity index is 2.07. The largest absolute Gasteiger partial charge is 0.341 e. The van der Waals surface area contributed by atoms with E-state index in [1.807, 2.05) is 0 Å². The Labute approximate surface area is 128 Å². The molecule has 1 fully saturated rings. The Kier molecular flexibility index (Phi) is 5.14. The SMILES string of the molecule is CN(Cc1cc([N+](=O)[O-])ccc1Cl)C(=O)C1CCNCC1. The zero-order valence-corrected chi connectivity index (χ0v) is 12.6. The predicted octanol–water partition coefficient (Wildman–Crippen LogP) is 2.21. The predicted molar refractivity (Wildman–Crippen MR) is 80.2 cm³/mol. The van der Waals surface area contributed by atoms with Gasteiger partial charge in [-0.05, 0) is 37.6 Å². The number of nitro groups is 1. The summed E-state index contributed by atoms with van der Waals surface area (Å²) < 4.78 is 0. The maximum atomic E-state index is 12.4. The van der Waals surface area contributed by atoms with E-state index < -0.39 is 4.92 Å². The second-order valence-electron chi connectivity index (χ2n) is 5.25. The number of nitrogens with zero attached hydrogens (tertiary/aromatic N) is 2. The molecular formula is C14H18ClN3O3. The van der Waals surface area contributed by atoms with Gasteiger partial charge in [-0.15, -0.1) is 0 Å². The normalized spacial score (nSPS) is 15.7. The summed E-state index contributed by atoms with van der Waals surface area (Å²) >= 11 is 6.06.